The second kappa shape index (κ2) is 9.62. The first kappa shape index (κ1) is 21.6. The number of carbonyl (C=O) groups excluding carboxylic acids is 2. The summed E-state index contributed by atoms with van der Waals surface area (Å²) in [7, 11) is 0. The van der Waals surface area contributed by atoms with Gasteiger partial charge in [0.2, 0.25) is 10.9 Å². The van der Waals surface area contributed by atoms with Crippen LogP contribution in [0.3, 0.4) is 0 Å². The fourth-order valence-corrected chi connectivity index (χ4v) is 3.82. The van der Waals surface area contributed by atoms with E-state index in [2.05, 4.69) is 15.4 Å². The summed E-state index contributed by atoms with van der Waals surface area (Å²) >= 11 is 1.33. The predicted octanol–water partition coefficient (Wildman–Crippen LogP) is 3.45. The molecule has 0 radical (unpaired) electrons. The molecule has 0 aliphatic heterocycles. The summed E-state index contributed by atoms with van der Waals surface area (Å²) in [6, 6.07) is 7.90. The number of aromatic nitrogens is 3. The standard InChI is InChI=1S/C21H24N4O4S/c1-4-13(5-2)19(27)22-15-9-7-8-14(10-15)20(28)29-12-16-11-18(26)25-21(23-16)30-17(6-3)24-25/h7-11,13H,4-6,12H2,1-3H3,(H,22,27). The second-order valence-electron chi connectivity index (χ2n) is 6.79. The molecule has 0 aliphatic carbocycles. The molecular formula is C21H24N4O4S. The van der Waals surface area contributed by atoms with Crippen LogP contribution in [0.5, 0.6) is 0 Å². The van der Waals surface area contributed by atoms with Crippen molar-refractivity contribution in [2.45, 2.75) is 46.6 Å². The van der Waals surface area contributed by atoms with Gasteiger partial charge >= 0.3 is 5.97 Å². The van der Waals surface area contributed by atoms with Crippen LogP contribution in [0.2, 0.25) is 0 Å². The van der Waals surface area contributed by atoms with Crippen molar-refractivity contribution in [2.24, 2.45) is 5.92 Å². The number of anilines is 1. The fourth-order valence-electron chi connectivity index (χ4n) is 2.96. The minimum absolute atomic E-state index is 0.0688. The van der Waals surface area contributed by atoms with E-state index in [4.69, 9.17) is 4.74 Å². The van der Waals surface area contributed by atoms with Crippen LogP contribution >= 0.6 is 11.3 Å². The van der Waals surface area contributed by atoms with E-state index < -0.39 is 5.97 Å². The van der Waals surface area contributed by atoms with Crippen molar-refractivity contribution in [1.29, 1.82) is 0 Å². The Hall–Kier alpha value is -3.07. The van der Waals surface area contributed by atoms with Gasteiger partial charge in [0.25, 0.3) is 5.56 Å². The van der Waals surface area contributed by atoms with E-state index in [0.29, 0.717) is 28.3 Å². The van der Waals surface area contributed by atoms with Gasteiger partial charge in [0, 0.05) is 17.7 Å². The summed E-state index contributed by atoms with van der Waals surface area (Å²) < 4.78 is 6.57. The zero-order chi connectivity index (χ0) is 21.7. The van der Waals surface area contributed by atoms with E-state index in [-0.39, 0.29) is 24.0 Å². The lowest BCUT2D eigenvalue weighted by Gasteiger charge is -2.13. The largest absolute Gasteiger partial charge is 0.456 e. The van der Waals surface area contributed by atoms with Crippen molar-refractivity contribution >= 4 is 33.9 Å². The van der Waals surface area contributed by atoms with Gasteiger partial charge in [-0.2, -0.15) is 9.61 Å². The molecular weight excluding hydrogens is 404 g/mol. The summed E-state index contributed by atoms with van der Waals surface area (Å²) in [5.74, 6) is -0.700. The van der Waals surface area contributed by atoms with Gasteiger partial charge in [-0.3, -0.25) is 9.59 Å². The maximum absolute atomic E-state index is 12.4. The van der Waals surface area contributed by atoms with E-state index >= 15 is 0 Å². The average molecular weight is 429 g/mol. The Morgan fingerprint density at radius 2 is 1.97 bits per heavy atom. The Labute approximate surface area is 177 Å². The molecule has 0 aliphatic rings. The van der Waals surface area contributed by atoms with Crippen LogP contribution < -0.4 is 10.9 Å². The molecule has 0 fully saturated rings. The molecule has 1 N–H and O–H groups in total. The third-order valence-electron chi connectivity index (χ3n) is 4.72. The number of aryl methyl sites for hydroxylation is 1. The Kier molecular flexibility index (Phi) is 6.94. The molecule has 0 atom stereocenters. The Balaban J connectivity index is 1.68. The van der Waals surface area contributed by atoms with Crippen LogP contribution in [0, 0.1) is 5.92 Å². The summed E-state index contributed by atoms with van der Waals surface area (Å²) in [5, 5.41) is 7.84. The van der Waals surface area contributed by atoms with Crippen molar-refractivity contribution in [3.05, 3.63) is 57.0 Å². The molecule has 3 rings (SSSR count). The summed E-state index contributed by atoms with van der Waals surface area (Å²) in [4.78, 5) is 41.7. The highest BCUT2D eigenvalue weighted by molar-refractivity contribution is 7.16. The maximum Gasteiger partial charge on any atom is 0.338 e. The van der Waals surface area contributed by atoms with Crippen LogP contribution in [0.1, 0.15) is 54.7 Å². The fraction of sp³-hybridized carbons (Fsp3) is 0.381. The molecule has 30 heavy (non-hydrogen) atoms. The van der Waals surface area contributed by atoms with Crippen molar-refractivity contribution < 1.29 is 14.3 Å². The van der Waals surface area contributed by atoms with Crippen LogP contribution in [0.4, 0.5) is 5.69 Å². The van der Waals surface area contributed by atoms with Crippen molar-refractivity contribution in [3.8, 4) is 0 Å². The smallest absolute Gasteiger partial charge is 0.338 e. The molecule has 8 nitrogen and oxygen atoms in total. The number of carbonyl (C=O) groups is 2. The topological polar surface area (TPSA) is 103 Å². The lowest BCUT2D eigenvalue weighted by atomic mass is 10.0. The number of hydrogen-bond donors (Lipinski definition) is 1. The number of rotatable bonds is 8. The highest BCUT2D eigenvalue weighted by Gasteiger charge is 2.16. The molecule has 0 saturated heterocycles. The minimum atomic E-state index is -0.561. The monoisotopic (exact) mass is 428 g/mol. The van der Waals surface area contributed by atoms with Crippen LogP contribution in [0.25, 0.3) is 4.96 Å². The van der Waals surface area contributed by atoms with Gasteiger partial charge < -0.3 is 10.1 Å². The van der Waals surface area contributed by atoms with Crippen molar-refractivity contribution in [2.75, 3.05) is 5.32 Å². The predicted molar refractivity (Wildman–Crippen MR) is 115 cm³/mol. The number of nitrogens with one attached hydrogen (secondary N) is 1. The molecule has 1 amide bonds. The maximum atomic E-state index is 12.4. The van der Waals surface area contributed by atoms with Gasteiger partial charge in [0.15, 0.2) is 0 Å². The van der Waals surface area contributed by atoms with E-state index in [1.54, 1.807) is 24.3 Å². The van der Waals surface area contributed by atoms with Gasteiger partial charge in [-0.15, -0.1) is 0 Å². The Morgan fingerprint density at radius 3 is 2.67 bits per heavy atom. The molecule has 0 saturated carbocycles. The molecule has 1 aromatic carbocycles. The van der Waals surface area contributed by atoms with Gasteiger partial charge in [-0.05, 0) is 37.5 Å². The number of ether oxygens (including phenoxy) is 1. The number of esters is 1. The molecule has 158 valence electrons. The Bertz CT molecular complexity index is 1120. The number of benzene rings is 1. The normalized spacial score (nSPS) is 11.1. The molecule has 0 spiro atoms. The zero-order valence-corrected chi connectivity index (χ0v) is 18.0. The second-order valence-corrected chi connectivity index (χ2v) is 7.83. The first-order valence-corrected chi connectivity index (χ1v) is 10.7. The van der Waals surface area contributed by atoms with E-state index in [1.807, 2.05) is 20.8 Å². The molecule has 2 aromatic heterocycles. The lowest BCUT2D eigenvalue weighted by Crippen LogP contribution is -2.21. The van der Waals surface area contributed by atoms with Gasteiger partial charge in [0.1, 0.15) is 11.6 Å². The van der Waals surface area contributed by atoms with Crippen LogP contribution in [0.15, 0.2) is 35.1 Å². The molecule has 0 unspecified atom stereocenters. The Morgan fingerprint density at radius 1 is 1.20 bits per heavy atom. The molecule has 3 aromatic rings. The third-order valence-corrected chi connectivity index (χ3v) is 5.77. The summed E-state index contributed by atoms with van der Waals surface area (Å²) in [6.07, 6.45) is 2.21. The average Bonchev–Trinajstić information content (AvgIpc) is 3.17. The highest BCUT2D eigenvalue weighted by atomic mass is 32.1. The number of amides is 1. The quantitative estimate of drug-likeness (QED) is 0.551. The van der Waals surface area contributed by atoms with Crippen molar-refractivity contribution in [3.63, 3.8) is 0 Å². The van der Waals surface area contributed by atoms with E-state index in [1.165, 1.54) is 21.9 Å². The summed E-state index contributed by atoms with van der Waals surface area (Å²) in [5.41, 5.74) is 0.892. The number of hydrogen-bond acceptors (Lipinski definition) is 7. The van der Waals surface area contributed by atoms with Crippen LogP contribution in [-0.2, 0) is 22.6 Å². The summed E-state index contributed by atoms with van der Waals surface area (Å²) in [6.45, 7) is 5.75. The minimum Gasteiger partial charge on any atom is -0.456 e. The SMILES string of the molecule is CCc1nn2c(=O)cc(COC(=O)c3cccc(NC(=O)C(CC)CC)c3)nc2s1. The van der Waals surface area contributed by atoms with Crippen LogP contribution in [-0.4, -0.2) is 26.5 Å². The molecule has 2 heterocycles. The number of fused-ring (bicyclic) bond motifs is 1. The van der Waals surface area contributed by atoms with E-state index in [9.17, 15) is 14.4 Å². The first-order chi connectivity index (χ1) is 14.4. The van der Waals surface area contributed by atoms with Gasteiger partial charge in [-0.1, -0.05) is 38.2 Å². The first-order valence-electron chi connectivity index (χ1n) is 9.91. The molecule has 9 heteroatoms. The van der Waals surface area contributed by atoms with Crippen molar-refractivity contribution in [1.82, 2.24) is 14.6 Å². The van der Waals surface area contributed by atoms with Gasteiger partial charge in [0.05, 0.1) is 11.3 Å². The zero-order valence-electron chi connectivity index (χ0n) is 17.2. The lowest BCUT2D eigenvalue weighted by molar-refractivity contribution is -0.120. The van der Waals surface area contributed by atoms with Gasteiger partial charge in [-0.25, -0.2) is 9.78 Å². The number of nitrogens with zero attached hydrogens (tertiary/aromatic N) is 3. The molecule has 0 bridgehead atoms. The van der Waals surface area contributed by atoms with E-state index in [0.717, 1.165) is 17.8 Å². The highest BCUT2D eigenvalue weighted by Crippen LogP contribution is 2.16. The third kappa shape index (κ3) is 4.91.